The van der Waals surface area contributed by atoms with E-state index >= 15 is 0 Å². The van der Waals surface area contributed by atoms with Crippen LogP contribution in [-0.4, -0.2) is 31.7 Å². The summed E-state index contributed by atoms with van der Waals surface area (Å²) in [6.07, 6.45) is 2.75. The lowest BCUT2D eigenvalue weighted by atomic mass is 10.1. The highest BCUT2D eigenvalue weighted by molar-refractivity contribution is 7.89. The normalized spacial score (nSPS) is 15.5. The molecule has 0 saturated carbocycles. The van der Waals surface area contributed by atoms with Gasteiger partial charge in [-0.3, -0.25) is 4.79 Å². The number of hydrogen-bond acceptors (Lipinski definition) is 3. The molecule has 1 aliphatic heterocycles. The Labute approximate surface area is 159 Å². The molecule has 0 atom stereocenters. The van der Waals surface area contributed by atoms with E-state index in [1.54, 1.807) is 26.0 Å². The Morgan fingerprint density at radius 2 is 1.67 bits per heavy atom. The zero-order chi connectivity index (χ0) is 19.6. The maximum absolute atomic E-state index is 13.7. The summed E-state index contributed by atoms with van der Waals surface area (Å²) in [6.45, 7) is 4.38. The van der Waals surface area contributed by atoms with Crippen molar-refractivity contribution in [2.75, 3.05) is 18.4 Å². The molecular weight excluding hydrogens is 367 g/mol. The third kappa shape index (κ3) is 4.20. The minimum absolute atomic E-state index is 0.180. The summed E-state index contributed by atoms with van der Waals surface area (Å²) in [4.78, 5) is 12.6. The fourth-order valence-electron chi connectivity index (χ4n) is 3.14. The minimum atomic E-state index is -3.61. The molecule has 0 bridgehead atoms. The van der Waals surface area contributed by atoms with Gasteiger partial charge >= 0.3 is 0 Å². The molecule has 0 aromatic heterocycles. The van der Waals surface area contributed by atoms with E-state index in [0.29, 0.717) is 29.9 Å². The first-order valence-corrected chi connectivity index (χ1v) is 10.4. The van der Waals surface area contributed by atoms with Gasteiger partial charge in [0.25, 0.3) is 5.91 Å². The summed E-state index contributed by atoms with van der Waals surface area (Å²) in [5.74, 6) is -0.945. The molecule has 0 spiro atoms. The maximum Gasteiger partial charge on any atom is 0.255 e. The number of nitrogens with one attached hydrogen (secondary N) is 1. The number of piperidine rings is 1. The molecule has 1 heterocycles. The van der Waals surface area contributed by atoms with Gasteiger partial charge in [-0.2, -0.15) is 4.31 Å². The van der Waals surface area contributed by atoms with E-state index in [1.165, 1.54) is 28.6 Å². The van der Waals surface area contributed by atoms with Crippen LogP contribution < -0.4 is 5.32 Å². The number of nitrogens with zero attached hydrogens (tertiary/aromatic N) is 1. The molecule has 0 aliphatic carbocycles. The van der Waals surface area contributed by atoms with Crippen molar-refractivity contribution in [1.29, 1.82) is 0 Å². The molecule has 27 heavy (non-hydrogen) atoms. The number of hydrogen-bond donors (Lipinski definition) is 1. The van der Waals surface area contributed by atoms with Crippen LogP contribution in [0, 0.1) is 19.7 Å². The molecule has 7 heteroatoms. The van der Waals surface area contributed by atoms with E-state index in [9.17, 15) is 17.6 Å². The van der Waals surface area contributed by atoms with Crippen LogP contribution in [0.25, 0.3) is 0 Å². The van der Waals surface area contributed by atoms with Crippen molar-refractivity contribution in [3.05, 3.63) is 58.9 Å². The summed E-state index contributed by atoms with van der Waals surface area (Å²) >= 11 is 0. The van der Waals surface area contributed by atoms with Crippen LogP contribution in [0.15, 0.2) is 41.3 Å². The zero-order valence-corrected chi connectivity index (χ0v) is 16.3. The predicted octanol–water partition coefficient (Wildman–Crippen LogP) is 3.87. The van der Waals surface area contributed by atoms with Crippen LogP contribution >= 0.6 is 0 Å². The fraction of sp³-hybridized carbons (Fsp3) is 0.350. The lowest BCUT2D eigenvalue weighted by molar-refractivity contribution is 0.102. The van der Waals surface area contributed by atoms with Crippen molar-refractivity contribution in [1.82, 2.24) is 4.31 Å². The third-order valence-corrected chi connectivity index (χ3v) is 6.85. The summed E-state index contributed by atoms with van der Waals surface area (Å²) in [7, 11) is -3.61. The zero-order valence-electron chi connectivity index (χ0n) is 15.5. The fourth-order valence-corrected chi connectivity index (χ4v) is 4.91. The average molecular weight is 390 g/mol. The van der Waals surface area contributed by atoms with Crippen molar-refractivity contribution >= 4 is 21.6 Å². The molecule has 3 rings (SSSR count). The number of amides is 1. The Hall–Kier alpha value is -2.25. The first kappa shape index (κ1) is 19.5. The summed E-state index contributed by atoms with van der Waals surface area (Å²) < 4.78 is 41.1. The predicted molar refractivity (Wildman–Crippen MR) is 103 cm³/mol. The van der Waals surface area contributed by atoms with Gasteiger partial charge in [0, 0.05) is 24.3 Å². The number of carbonyl (C=O) groups is 1. The second-order valence-electron chi connectivity index (χ2n) is 6.86. The molecule has 144 valence electrons. The van der Waals surface area contributed by atoms with Gasteiger partial charge in [-0.1, -0.05) is 18.6 Å². The van der Waals surface area contributed by atoms with Gasteiger partial charge in [0.15, 0.2) is 0 Å². The van der Waals surface area contributed by atoms with Gasteiger partial charge in [-0.05, 0) is 62.1 Å². The van der Waals surface area contributed by atoms with Gasteiger partial charge in [-0.15, -0.1) is 0 Å². The van der Waals surface area contributed by atoms with Crippen LogP contribution in [-0.2, 0) is 10.0 Å². The van der Waals surface area contributed by atoms with Crippen molar-refractivity contribution in [3.8, 4) is 0 Å². The minimum Gasteiger partial charge on any atom is -0.322 e. The van der Waals surface area contributed by atoms with Crippen LogP contribution in [0.4, 0.5) is 10.1 Å². The molecule has 0 radical (unpaired) electrons. The van der Waals surface area contributed by atoms with Gasteiger partial charge < -0.3 is 5.32 Å². The standard InChI is InChI=1S/C20H23FN2O3S/c1-14-6-8-16(12-18(14)21)20(24)22-17-9-7-15(2)19(13-17)27(25,26)23-10-4-3-5-11-23/h6-9,12-13H,3-5,10-11H2,1-2H3,(H,22,24). The van der Waals surface area contributed by atoms with Crippen LogP contribution in [0.3, 0.4) is 0 Å². The van der Waals surface area contributed by atoms with Crippen LogP contribution in [0.2, 0.25) is 0 Å². The highest BCUT2D eigenvalue weighted by Gasteiger charge is 2.27. The molecular formula is C20H23FN2O3S. The van der Waals surface area contributed by atoms with Crippen molar-refractivity contribution in [3.63, 3.8) is 0 Å². The Bertz CT molecular complexity index is 967. The van der Waals surface area contributed by atoms with Crippen LogP contribution in [0.1, 0.15) is 40.7 Å². The van der Waals surface area contributed by atoms with Gasteiger partial charge in [0.2, 0.25) is 10.0 Å². The first-order valence-electron chi connectivity index (χ1n) is 8.97. The number of sulfonamides is 1. The van der Waals surface area contributed by atoms with Gasteiger partial charge in [0.05, 0.1) is 4.90 Å². The van der Waals surface area contributed by atoms with E-state index < -0.39 is 21.7 Å². The Balaban J connectivity index is 1.86. The lowest BCUT2D eigenvalue weighted by Crippen LogP contribution is -2.36. The molecule has 0 unspecified atom stereocenters. The number of carbonyl (C=O) groups excluding carboxylic acids is 1. The van der Waals surface area contributed by atoms with E-state index in [0.717, 1.165) is 19.3 Å². The third-order valence-electron chi connectivity index (χ3n) is 4.81. The topological polar surface area (TPSA) is 66.5 Å². The quantitative estimate of drug-likeness (QED) is 0.862. The molecule has 5 nitrogen and oxygen atoms in total. The summed E-state index contributed by atoms with van der Waals surface area (Å²) in [5.41, 5.74) is 1.62. The summed E-state index contributed by atoms with van der Waals surface area (Å²) in [6, 6.07) is 9.03. The van der Waals surface area contributed by atoms with Gasteiger partial charge in [-0.25, -0.2) is 12.8 Å². The van der Waals surface area contributed by atoms with E-state index in [4.69, 9.17) is 0 Å². The van der Waals surface area contributed by atoms with Crippen molar-refractivity contribution < 1.29 is 17.6 Å². The Kier molecular flexibility index (Phi) is 5.62. The molecule has 2 aromatic rings. The molecule has 1 fully saturated rings. The highest BCUT2D eigenvalue weighted by Crippen LogP contribution is 2.26. The van der Waals surface area contributed by atoms with Crippen molar-refractivity contribution in [2.24, 2.45) is 0 Å². The Morgan fingerprint density at radius 3 is 2.33 bits per heavy atom. The second kappa shape index (κ2) is 7.78. The smallest absolute Gasteiger partial charge is 0.255 e. The molecule has 2 aromatic carbocycles. The largest absolute Gasteiger partial charge is 0.322 e. The first-order chi connectivity index (χ1) is 12.8. The average Bonchev–Trinajstić information content (AvgIpc) is 2.66. The number of aryl methyl sites for hydroxylation is 2. The number of anilines is 1. The van der Waals surface area contributed by atoms with E-state index in [1.807, 2.05) is 0 Å². The van der Waals surface area contributed by atoms with E-state index in [-0.39, 0.29) is 10.5 Å². The molecule has 1 saturated heterocycles. The van der Waals surface area contributed by atoms with E-state index in [2.05, 4.69) is 5.32 Å². The van der Waals surface area contributed by atoms with Crippen LogP contribution in [0.5, 0.6) is 0 Å². The molecule has 1 N–H and O–H groups in total. The lowest BCUT2D eigenvalue weighted by Gasteiger charge is -2.26. The SMILES string of the molecule is Cc1ccc(C(=O)Nc2ccc(C)c(S(=O)(=O)N3CCCCC3)c2)cc1F. The Morgan fingerprint density at radius 1 is 1.00 bits per heavy atom. The van der Waals surface area contributed by atoms with Gasteiger partial charge in [0.1, 0.15) is 5.82 Å². The van der Waals surface area contributed by atoms with Crippen molar-refractivity contribution in [2.45, 2.75) is 38.0 Å². The monoisotopic (exact) mass is 390 g/mol. The number of benzene rings is 2. The second-order valence-corrected chi connectivity index (χ2v) is 8.77. The number of rotatable bonds is 4. The summed E-state index contributed by atoms with van der Waals surface area (Å²) in [5, 5.41) is 2.66. The maximum atomic E-state index is 13.7. The highest BCUT2D eigenvalue weighted by atomic mass is 32.2. The molecule has 1 amide bonds. The molecule has 1 aliphatic rings. The number of halogens is 1.